The molecule has 0 bridgehead atoms. The van der Waals surface area contributed by atoms with Crippen molar-refractivity contribution < 1.29 is 47.7 Å². The fourth-order valence-corrected chi connectivity index (χ4v) is 7.75. The van der Waals surface area contributed by atoms with Crippen molar-refractivity contribution >= 4 is 35.9 Å². The van der Waals surface area contributed by atoms with Crippen LogP contribution < -0.4 is 20.7 Å². The zero-order valence-electron chi connectivity index (χ0n) is 38.5. The highest BCUT2D eigenvalue weighted by Gasteiger charge is 2.31. The summed E-state index contributed by atoms with van der Waals surface area (Å²) in [7, 11) is 1.58. The number of hydrogen-bond acceptors (Lipinski definition) is 10. The molecule has 2 saturated heterocycles. The lowest BCUT2D eigenvalue weighted by atomic mass is 9.84. The Balaban J connectivity index is 1.35. The van der Waals surface area contributed by atoms with Crippen LogP contribution in [0.1, 0.15) is 110 Å². The molecule has 2 aromatic carbocycles. The summed E-state index contributed by atoms with van der Waals surface area (Å²) in [6.45, 7) is 13.3. The van der Waals surface area contributed by atoms with Crippen molar-refractivity contribution in [3.8, 4) is 5.75 Å². The molecule has 0 radical (unpaired) electrons. The van der Waals surface area contributed by atoms with Gasteiger partial charge in [0.05, 0.1) is 20.1 Å². The molecular weight excluding hydrogens is 807 g/mol. The smallest absolute Gasteiger partial charge is 0.410 e. The van der Waals surface area contributed by atoms with Gasteiger partial charge in [0.25, 0.3) is 0 Å². The fraction of sp³-hybridized carbons (Fsp3) is 0.625. The molecule has 0 unspecified atom stereocenters. The predicted octanol–water partition coefficient (Wildman–Crippen LogP) is 6.56. The average molecular weight is 878 g/mol. The van der Waals surface area contributed by atoms with Crippen LogP contribution in [0.4, 0.5) is 9.59 Å². The van der Waals surface area contributed by atoms with Crippen LogP contribution in [-0.2, 0) is 46.4 Å². The molecule has 2 aliphatic rings. The van der Waals surface area contributed by atoms with Crippen molar-refractivity contribution in [3.05, 3.63) is 65.7 Å². The first-order valence-electron chi connectivity index (χ1n) is 22.5. The van der Waals surface area contributed by atoms with Gasteiger partial charge >= 0.3 is 18.2 Å². The summed E-state index contributed by atoms with van der Waals surface area (Å²) in [5.41, 5.74) is 0.575. The Morgan fingerprint density at radius 3 is 1.76 bits per heavy atom. The molecule has 2 fully saturated rings. The zero-order chi connectivity index (χ0) is 46.0. The van der Waals surface area contributed by atoms with E-state index in [2.05, 4.69) is 16.0 Å². The highest BCUT2D eigenvalue weighted by atomic mass is 16.6. The van der Waals surface area contributed by atoms with E-state index in [9.17, 15) is 28.8 Å². The van der Waals surface area contributed by atoms with E-state index in [1.165, 1.54) is 0 Å². The molecule has 5 amide bonds. The maximum atomic E-state index is 13.9. The molecule has 0 aromatic heterocycles. The van der Waals surface area contributed by atoms with E-state index >= 15 is 0 Å². The first-order chi connectivity index (χ1) is 29.9. The maximum absolute atomic E-state index is 13.9. The van der Waals surface area contributed by atoms with Gasteiger partial charge in [0.1, 0.15) is 29.6 Å². The van der Waals surface area contributed by atoms with Gasteiger partial charge in [-0.05, 0) is 134 Å². The number of amides is 5. The quantitative estimate of drug-likeness (QED) is 0.103. The van der Waals surface area contributed by atoms with Crippen molar-refractivity contribution in [1.29, 1.82) is 0 Å². The van der Waals surface area contributed by atoms with Crippen LogP contribution in [0.5, 0.6) is 5.75 Å². The van der Waals surface area contributed by atoms with Crippen LogP contribution in [0.3, 0.4) is 0 Å². The van der Waals surface area contributed by atoms with Gasteiger partial charge in [0.2, 0.25) is 17.7 Å². The van der Waals surface area contributed by atoms with Crippen molar-refractivity contribution in [3.63, 3.8) is 0 Å². The first kappa shape index (κ1) is 50.3. The standard InChI is InChI=1S/C48H71N5O10/c1-47(2,3)62-45(58)52-26-21-34(22-27-52)16-18-38(19-17-35-23-28-53(29-24-35)46(59)63-48(4,5)6)43(56)50-32-41(54)51-40(31-42(55)61-33-37-12-9-8-10-13-37)44(57)49-25-20-36-14-11-15-39(30-36)60-7/h8-15,30,34-35,38,40H,16-29,31-33H2,1-7H3,(H,49,57)(H,50,56)(H,51,54)/t40-/m0/s1. The number of ether oxygens (including phenoxy) is 4. The number of nitrogens with one attached hydrogen (secondary N) is 3. The third kappa shape index (κ3) is 18.9. The summed E-state index contributed by atoms with van der Waals surface area (Å²) in [5, 5.41) is 8.30. The number of rotatable bonds is 19. The van der Waals surface area contributed by atoms with Crippen molar-refractivity contribution in [2.24, 2.45) is 17.8 Å². The number of carbonyl (C=O) groups excluding carboxylic acids is 6. The molecule has 1 atom stereocenters. The molecule has 2 aromatic rings. The monoisotopic (exact) mass is 878 g/mol. The van der Waals surface area contributed by atoms with Crippen LogP contribution in [0, 0.1) is 17.8 Å². The van der Waals surface area contributed by atoms with Gasteiger partial charge < -0.3 is 44.7 Å². The molecule has 15 nitrogen and oxygen atoms in total. The lowest BCUT2D eigenvalue weighted by Crippen LogP contribution is -2.51. The van der Waals surface area contributed by atoms with Gasteiger partial charge in [-0.15, -0.1) is 0 Å². The Morgan fingerprint density at radius 2 is 1.24 bits per heavy atom. The largest absolute Gasteiger partial charge is 0.497 e. The van der Waals surface area contributed by atoms with Crippen molar-refractivity contribution in [2.45, 2.75) is 130 Å². The van der Waals surface area contributed by atoms with E-state index < -0.39 is 41.4 Å². The lowest BCUT2D eigenvalue weighted by Gasteiger charge is -2.34. The summed E-state index contributed by atoms with van der Waals surface area (Å²) < 4.78 is 21.9. The van der Waals surface area contributed by atoms with E-state index in [0.29, 0.717) is 63.0 Å². The minimum absolute atomic E-state index is 0.0148. The van der Waals surface area contributed by atoms with E-state index in [1.54, 1.807) is 16.9 Å². The van der Waals surface area contributed by atoms with E-state index in [1.807, 2.05) is 96.1 Å². The summed E-state index contributed by atoms with van der Waals surface area (Å²) in [6, 6.07) is 15.4. The van der Waals surface area contributed by atoms with E-state index in [-0.39, 0.29) is 43.7 Å². The Kier molecular flexibility index (Phi) is 19.6. The third-order valence-electron chi connectivity index (χ3n) is 11.3. The summed E-state index contributed by atoms with van der Waals surface area (Å²) in [5.74, 6) is -1.13. The molecular formula is C48H71N5O10. The van der Waals surface area contributed by atoms with Crippen molar-refractivity contribution in [2.75, 3.05) is 46.4 Å². The predicted molar refractivity (Wildman–Crippen MR) is 239 cm³/mol. The van der Waals surface area contributed by atoms with Gasteiger partial charge in [0.15, 0.2) is 0 Å². The minimum atomic E-state index is -1.24. The Hall–Kier alpha value is -5.34. The second-order valence-electron chi connectivity index (χ2n) is 18.8. The Morgan fingerprint density at radius 1 is 0.698 bits per heavy atom. The van der Waals surface area contributed by atoms with Crippen LogP contribution in [0.15, 0.2) is 54.6 Å². The van der Waals surface area contributed by atoms with E-state index in [0.717, 1.165) is 49.7 Å². The normalized spacial score (nSPS) is 15.6. The number of piperidine rings is 2. The summed E-state index contributed by atoms with van der Waals surface area (Å²) in [4.78, 5) is 82.5. The average Bonchev–Trinajstić information content (AvgIpc) is 3.24. The van der Waals surface area contributed by atoms with Gasteiger partial charge in [-0.2, -0.15) is 0 Å². The van der Waals surface area contributed by atoms with Crippen LogP contribution in [-0.4, -0.2) is 109 Å². The molecule has 2 aliphatic heterocycles. The van der Waals surface area contributed by atoms with Gasteiger partial charge in [-0.1, -0.05) is 42.5 Å². The first-order valence-corrected chi connectivity index (χ1v) is 22.5. The Bertz CT molecular complexity index is 1740. The van der Waals surface area contributed by atoms with Crippen LogP contribution in [0.25, 0.3) is 0 Å². The number of benzene rings is 2. The second kappa shape index (κ2) is 24.5. The number of methoxy groups -OCH3 is 1. The van der Waals surface area contributed by atoms with E-state index in [4.69, 9.17) is 18.9 Å². The van der Waals surface area contributed by atoms with Gasteiger partial charge in [-0.25, -0.2) is 9.59 Å². The molecule has 0 spiro atoms. The number of likely N-dealkylation sites (tertiary alicyclic amines) is 2. The number of nitrogens with zero attached hydrogens (tertiary/aromatic N) is 2. The van der Waals surface area contributed by atoms with Crippen molar-refractivity contribution in [1.82, 2.24) is 25.8 Å². The highest BCUT2D eigenvalue weighted by molar-refractivity contribution is 5.92. The maximum Gasteiger partial charge on any atom is 0.410 e. The zero-order valence-corrected chi connectivity index (χ0v) is 38.5. The molecule has 3 N–H and O–H groups in total. The molecule has 63 heavy (non-hydrogen) atoms. The van der Waals surface area contributed by atoms with Gasteiger partial charge in [0, 0.05) is 38.6 Å². The molecule has 4 rings (SSSR count). The summed E-state index contributed by atoms with van der Waals surface area (Å²) in [6.07, 6.45) is 5.44. The topological polar surface area (TPSA) is 182 Å². The fourth-order valence-electron chi connectivity index (χ4n) is 7.75. The lowest BCUT2D eigenvalue weighted by molar-refractivity contribution is -0.147. The molecule has 348 valence electrons. The number of esters is 1. The molecule has 0 aliphatic carbocycles. The van der Waals surface area contributed by atoms with Crippen LogP contribution >= 0.6 is 0 Å². The second-order valence-corrected chi connectivity index (χ2v) is 18.8. The molecule has 0 saturated carbocycles. The Labute approximate surface area is 373 Å². The van der Waals surface area contributed by atoms with Crippen LogP contribution in [0.2, 0.25) is 0 Å². The molecule has 15 heteroatoms. The third-order valence-corrected chi connectivity index (χ3v) is 11.3. The number of carbonyl (C=O) groups is 6. The van der Waals surface area contributed by atoms with Gasteiger partial charge in [-0.3, -0.25) is 19.2 Å². The minimum Gasteiger partial charge on any atom is -0.497 e. The SMILES string of the molecule is COc1cccc(CCNC(=O)[C@H](CC(=O)OCc2ccccc2)NC(=O)CNC(=O)C(CCC2CCN(C(=O)OC(C)(C)C)CC2)CCC2CCN(C(=O)OC(C)(C)C)CC2)c1. The molecule has 2 heterocycles. The number of hydrogen-bond donors (Lipinski definition) is 3. The summed E-state index contributed by atoms with van der Waals surface area (Å²) >= 11 is 0. The highest BCUT2D eigenvalue weighted by Crippen LogP contribution is 2.30.